The Morgan fingerprint density at radius 3 is 2.44 bits per heavy atom. The number of hydrogen-bond donors (Lipinski definition) is 3. The number of fused-ring (bicyclic) bond motifs is 1. The summed E-state index contributed by atoms with van der Waals surface area (Å²) in [4.78, 5) is 48.0. The van der Waals surface area contributed by atoms with Crippen LogP contribution < -0.4 is 15.4 Å². The first-order valence-electron chi connectivity index (χ1n) is 17.2. The Kier molecular flexibility index (Phi) is 10.3. The largest absolute Gasteiger partial charge is 0.481 e. The van der Waals surface area contributed by atoms with Gasteiger partial charge in [-0.2, -0.15) is 0 Å². The summed E-state index contributed by atoms with van der Waals surface area (Å²) in [6.45, 7) is 2.08. The van der Waals surface area contributed by atoms with Crippen LogP contribution in [0.5, 0.6) is 5.88 Å². The first-order valence-corrected chi connectivity index (χ1v) is 17.9. The van der Waals surface area contributed by atoms with Crippen LogP contribution >= 0.6 is 23.2 Å². The number of benzene rings is 2. The fourth-order valence-electron chi connectivity index (χ4n) is 7.30. The summed E-state index contributed by atoms with van der Waals surface area (Å²) in [7, 11) is 1.46. The first-order chi connectivity index (χ1) is 25.1. The number of halogens is 3. The van der Waals surface area contributed by atoms with Gasteiger partial charge in [0, 0.05) is 90.7 Å². The van der Waals surface area contributed by atoms with Gasteiger partial charge in [-0.3, -0.25) is 19.5 Å². The molecule has 3 N–H and O–H groups in total. The SMILES string of the molecule is COc1nc(-c2cccc(-c3ccnc(-c4cc(F)c5c(c4)CCN(C[C@@H]4CCC(=O)N4)C5)c3Cl)c2Cl)ccc1CN(C[C@@H]1CCC(=O)N1)C(=O)O. The second kappa shape index (κ2) is 15.1. The number of carbonyl (C=O) groups is 3. The van der Waals surface area contributed by atoms with Gasteiger partial charge in [-0.05, 0) is 55.2 Å². The van der Waals surface area contributed by atoms with Crippen LogP contribution in [0, 0.1) is 5.82 Å². The van der Waals surface area contributed by atoms with E-state index in [1.807, 2.05) is 24.3 Å². The third-order valence-corrected chi connectivity index (χ3v) is 10.7. The number of carboxylic acid groups (broad SMARTS) is 1. The predicted octanol–water partition coefficient (Wildman–Crippen LogP) is 6.33. The van der Waals surface area contributed by atoms with Gasteiger partial charge in [0.1, 0.15) is 5.82 Å². The van der Waals surface area contributed by atoms with Crippen molar-refractivity contribution in [1.29, 1.82) is 0 Å². The summed E-state index contributed by atoms with van der Waals surface area (Å²) < 4.78 is 21.3. The van der Waals surface area contributed by atoms with Crippen molar-refractivity contribution in [2.75, 3.05) is 26.7 Å². The van der Waals surface area contributed by atoms with Gasteiger partial charge in [-0.25, -0.2) is 14.2 Å². The molecule has 0 saturated carbocycles. The quantitative estimate of drug-likeness (QED) is 0.171. The Balaban J connectivity index is 1.13. The van der Waals surface area contributed by atoms with Crippen molar-refractivity contribution in [3.8, 4) is 39.5 Å². The molecule has 0 bridgehead atoms. The highest BCUT2D eigenvalue weighted by Crippen LogP contribution is 2.42. The van der Waals surface area contributed by atoms with Crippen LogP contribution in [-0.2, 0) is 29.1 Å². The fraction of sp³-hybridized carbons (Fsp3) is 0.342. The van der Waals surface area contributed by atoms with E-state index in [-0.39, 0.29) is 48.7 Å². The second-order valence-electron chi connectivity index (χ2n) is 13.4. The highest BCUT2D eigenvalue weighted by atomic mass is 35.5. The maximum absolute atomic E-state index is 15.7. The zero-order valence-electron chi connectivity index (χ0n) is 28.4. The topological polar surface area (TPSA) is 137 Å². The molecule has 3 aliphatic heterocycles. The minimum absolute atomic E-state index is 0.0168. The number of nitrogens with zero attached hydrogens (tertiary/aromatic N) is 4. The molecule has 2 atom stereocenters. The summed E-state index contributed by atoms with van der Waals surface area (Å²) in [6, 6.07) is 14.0. The highest BCUT2D eigenvalue weighted by molar-refractivity contribution is 6.39. The summed E-state index contributed by atoms with van der Waals surface area (Å²) in [5.41, 5.74) is 5.45. The summed E-state index contributed by atoms with van der Waals surface area (Å²) in [6.07, 6.45) is 3.44. The Labute approximate surface area is 310 Å². The van der Waals surface area contributed by atoms with Crippen molar-refractivity contribution in [2.45, 2.75) is 57.3 Å². The molecule has 7 rings (SSSR count). The van der Waals surface area contributed by atoms with Crippen molar-refractivity contribution in [2.24, 2.45) is 0 Å². The first kappa shape index (κ1) is 35.6. The van der Waals surface area contributed by atoms with Crippen molar-refractivity contribution in [3.63, 3.8) is 0 Å². The molecule has 0 aliphatic carbocycles. The van der Waals surface area contributed by atoms with E-state index in [0.717, 1.165) is 18.5 Å². The van der Waals surface area contributed by atoms with E-state index in [0.29, 0.717) is 93.6 Å². The molecule has 14 heteroatoms. The van der Waals surface area contributed by atoms with E-state index in [1.165, 1.54) is 18.1 Å². The smallest absolute Gasteiger partial charge is 0.407 e. The van der Waals surface area contributed by atoms with Crippen LogP contribution in [0.2, 0.25) is 10.0 Å². The molecular formula is C38H37Cl2FN6O5. The molecular weight excluding hydrogens is 710 g/mol. The van der Waals surface area contributed by atoms with Gasteiger partial charge >= 0.3 is 6.09 Å². The molecule has 2 aromatic heterocycles. The van der Waals surface area contributed by atoms with Crippen LogP contribution in [0.15, 0.2) is 54.7 Å². The lowest BCUT2D eigenvalue weighted by atomic mass is 9.94. The lowest BCUT2D eigenvalue weighted by Crippen LogP contribution is -2.41. The average molecular weight is 748 g/mol. The van der Waals surface area contributed by atoms with Crippen LogP contribution in [-0.4, -0.2) is 81.6 Å². The molecule has 52 heavy (non-hydrogen) atoms. The molecule has 3 amide bonds. The minimum Gasteiger partial charge on any atom is -0.481 e. The minimum atomic E-state index is -1.12. The van der Waals surface area contributed by atoms with E-state index in [2.05, 4.69) is 25.5 Å². The van der Waals surface area contributed by atoms with Crippen molar-refractivity contribution in [1.82, 2.24) is 30.4 Å². The normalized spacial score (nSPS) is 18.5. The van der Waals surface area contributed by atoms with Gasteiger partial charge in [0.05, 0.1) is 35.1 Å². The number of carbonyl (C=O) groups excluding carboxylic acids is 2. The Hall–Kier alpha value is -4.78. The van der Waals surface area contributed by atoms with E-state index in [4.69, 9.17) is 27.9 Å². The summed E-state index contributed by atoms with van der Waals surface area (Å²) in [5, 5.41) is 16.4. The van der Waals surface area contributed by atoms with Crippen LogP contribution in [0.25, 0.3) is 33.6 Å². The molecule has 3 aliphatic rings. The van der Waals surface area contributed by atoms with Gasteiger partial charge in [-0.15, -0.1) is 0 Å². The number of pyridine rings is 2. The molecule has 0 unspecified atom stereocenters. The standard InChI is InChI=1S/C38H37Cl2FN6O5/c1-52-37-22(17-47(38(50)51)19-25-7-10-33(49)44-25)5-8-31(45-37)28-4-2-3-26(34(28)39)27-11-13-42-36(35(27)40)23-15-21-12-14-46(20-29(21)30(41)16-23)18-24-6-9-32(48)43-24/h2-5,8,11,13,15-16,24-25H,6-7,9-10,12,14,17-20H2,1H3,(H,43,48)(H,44,49)(H,50,51)/t24-,25-/m0/s1. The number of methoxy groups -OCH3 is 1. The molecule has 2 saturated heterocycles. The van der Waals surface area contributed by atoms with Crippen molar-refractivity contribution >= 4 is 41.1 Å². The number of nitrogens with one attached hydrogen (secondary N) is 2. The number of rotatable bonds is 10. The Bertz CT molecular complexity index is 2060. The molecule has 0 radical (unpaired) electrons. The zero-order valence-corrected chi connectivity index (χ0v) is 29.9. The van der Waals surface area contributed by atoms with Gasteiger partial charge < -0.3 is 25.4 Å². The van der Waals surface area contributed by atoms with Crippen molar-refractivity contribution in [3.05, 3.63) is 87.3 Å². The third-order valence-electron chi connectivity index (χ3n) is 9.95. The lowest BCUT2D eigenvalue weighted by Gasteiger charge is -2.31. The van der Waals surface area contributed by atoms with Crippen LogP contribution in [0.4, 0.5) is 9.18 Å². The van der Waals surface area contributed by atoms with E-state index in [9.17, 15) is 19.5 Å². The lowest BCUT2D eigenvalue weighted by molar-refractivity contribution is -0.120. The maximum atomic E-state index is 15.7. The van der Waals surface area contributed by atoms with Gasteiger partial charge in [0.25, 0.3) is 0 Å². The second-order valence-corrected chi connectivity index (χ2v) is 14.2. The Morgan fingerprint density at radius 1 is 1.00 bits per heavy atom. The monoisotopic (exact) mass is 746 g/mol. The molecule has 0 spiro atoms. The number of hydrogen-bond acceptors (Lipinski definition) is 7. The highest BCUT2D eigenvalue weighted by Gasteiger charge is 2.29. The van der Waals surface area contributed by atoms with Crippen molar-refractivity contribution < 1.29 is 28.6 Å². The Morgan fingerprint density at radius 2 is 1.73 bits per heavy atom. The fourth-order valence-corrected chi connectivity index (χ4v) is 7.94. The summed E-state index contributed by atoms with van der Waals surface area (Å²) >= 11 is 14.1. The number of ether oxygens (including phenoxy) is 1. The molecule has 5 heterocycles. The maximum Gasteiger partial charge on any atom is 0.407 e. The molecule has 11 nitrogen and oxygen atoms in total. The summed E-state index contributed by atoms with van der Waals surface area (Å²) in [5.74, 6) is -0.0979. The zero-order chi connectivity index (χ0) is 36.5. The molecule has 270 valence electrons. The van der Waals surface area contributed by atoms with Crippen LogP contribution in [0.1, 0.15) is 42.4 Å². The third kappa shape index (κ3) is 7.41. The van der Waals surface area contributed by atoms with Crippen LogP contribution in [0.3, 0.4) is 0 Å². The van der Waals surface area contributed by atoms with E-state index in [1.54, 1.807) is 24.4 Å². The van der Waals surface area contributed by atoms with Gasteiger partial charge in [0.2, 0.25) is 17.7 Å². The number of aromatic nitrogens is 2. The molecule has 2 aromatic carbocycles. The van der Waals surface area contributed by atoms with E-state index >= 15 is 4.39 Å². The van der Waals surface area contributed by atoms with Gasteiger partial charge in [-0.1, -0.05) is 41.4 Å². The number of amides is 3. The average Bonchev–Trinajstić information content (AvgIpc) is 3.74. The molecule has 4 aromatic rings. The molecule has 2 fully saturated rings. The predicted molar refractivity (Wildman–Crippen MR) is 195 cm³/mol. The van der Waals surface area contributed by atoms with Gasteiger partial charge in [0.15, 0.2) is 0 Å². The van der Waals surface area contributed by atoms with E-state index < -0.39 is 6.09 Å².